The number of amides is 1. The number of hydrogen-bond donors (Lipinski definition) is 1. The maximum Gasteiger partial charge on any atom is 0.252 e. The number of carbonyl (C=O) groups excluding carboxylic acids is 1. The van der Waals surface area contributed by atoms with E-state index in [2.05, 4.69) is 55.6 Å². The van der Waals surface area contributed by atoms with Gasteiger partial charge in [-0.15, -0.1) is 0 Å². The van der Waals surface area contributed by atoms with Crippen LogP contribution < -0.4 is 5.43 Å². The predicted octanol–water partition coefficient (Wildman–Crippen LogP) is 5.66. The monoisotopic (exact) mass is 384 g/mol. The molecule has 3 rings (SSSR count). The Kier molecular flexibility index (Phi) is 6.28. The second kappa shape index (κ2) is 8.87. The fraction of sp³-hybridized carbons (Fsp3) is 0.231. The topological polar surface area (TPSA) is 41.5 Å². The Bertz CT molecular complexity index is 929. The van der Waals surface area contributed by atoms with Crippen molar-refractivity contribution in [3.8, 4) is 0 Å². The molecule has 148 valence electrons. The van der Waals surface area contributed by atoms with Gasteiger partial charge in [0, 0.05) is 0 Å². The van der Waals surface area contributed by atoms with Crippen molar-refractivity contribution in [3.63, 3.8) is 0 Å². The highest BCUT2D eigenvalue weighted by Gasteiger charge is 2.22. The number of benzene rings is 3. The Morgan fingerprint density at radius 3 is 1.72 bits per heavy atom. The summed E-state index contributed by atoms with van der Waals surface area (Å²) in [7, 11) is 0. The van der Waals surface area contributed by atoms with Crippen molar-refractivity contribution in [2.75, 3.05) is 0 Å². The lowest BCUT2D eigenvalue weighted by Gasteiger charge is -2.19. The zero-order valence-corrected chi connectivity index (χ0v) is 17.5. The number of hydrogen-bond acceptors (Lipinski definition) is 2. The van der Waals surface area contributed by atoms with Gasteiger partial charge in [-0.1, -0.05) is 106 Å². The third-order valence-corrected chi connectivity index (χ3v) is 5.03. The van der Waals surface area contributed by atoms with Crippen molar-refractivity contribution >= 4 is 11.6 Å². The van der Waals surface area contributed by atoms with Crippen molar-refractivity contribution in [1.29, 1.82) is 0 Å². The highest BCUT2D eigenvalue weighted by molar-refractivity contribution is 5.99. The van der Waals surface area contributed by atoms with E-state index in [-0.39, 0.29) is 11.3 Å². The first kappa shape index (κ1) is 20.5. The van der Waals surface area contributed by atoms with Crippen LogP contribution in [0.4, 0.5) is 0 Å². The molecule has 3 heteroatoms. The van der Waals surface area contributed by atoms with Gasteiger partial charge >= 0.3 is 0 Å². The Morgan fingerprint density at radius 2 is 1.28 bits per heavy atom. The minimum absolute atomic E-state index is 0.108. The summed E-state index contributed by atoms with van der Waals surface area (Å²) in [6.45, 7) is 8.48. The molecular formula is C26H28N2O. The molecule has 0 heterocycles. The standard InChI is InChI=1S/C26H28N2O/c1-19(20-15-17-23(18-16-20)26(2,3)4)27-28-25(29)24(21-11-7-5-8-12-21)22-13-9-6-10-14-22/h5-18,24H,1-4H3,(H,28,29). The molecule has 0 aliphatic heterocycles. The minimum Gasteiger partial charge on any atom is -0.272 e. The van der Waals surface area contributed by atoms with E-state index in [1.54, 1.807) is 0 Å². The van der Waals surface area contributed by atoms with Crippen LogP contribution >= 0.6 is 0 Å². The van der Waals surface area contributed by atoms with Crippen LogP contribution in [0.25, 0.3) is 0 Å². The largest absolute Gasteiger partial charge is 0.272 e. The maximum atomic E-state index is 13.0. The molecule has 0 aliphatic carbocycles. The molecule has 3 nitrogen and oxygen atoms in total. The minimum atomic E-state index is -0.405. The SMILES string of the molecule is CC(=NNC(=O)C(c1ccccc1)c1ccccc1)c1ccc(C(C)(C)C)cc1. The van der Waals surface area contributed by atoms with E-state index >= 15 is 0 Å². The molecule has 0 bridgehead atoms. The Morgan fingerprint density at radius 1 is 0.793 bits per heavy atom. The van der Waals surface area contributed by atoms with Gasteiger partial charge in [0.2, 0.25) is 0 Å². The molecule has 0 unspecified atom stereocenters. The van der Waals surface area contributed by atoms with E-state index in [1.807, 2.05) is 67.6 Å². The first-order chi connectivity index (χ1) is 13.9. The summed E-state index contributed by atoms with van der Waals surface area (Å²) in [5.74, 6) is -0.551. The van der Waals surface area contributed by atoms with Crippen LogP contribution in [0, 0.1) is 0 Å². The molecule has 0 atom stereocenters. The highest BCUT2D eigenvalue weighted by Crippen LogP contribution is 2.25. The van der Waals surface area contributed by atoms with Gasteiger partial charge < -0.3 is 0 Å². The average molecular weight is 385 g/mol. The lowest BCUT2D eigenvalue weighted by Crippen LogP contribution is -2.27. The number of nitrogens with zero attached hydrogens (tertiary/aromatic N) is 1. The normalized spacial score (nSPS) is 12.1. The molecule has 3 aromatic rings. The first-order valence-corrected chi connectivity index (χ1v) is 9.91. The fourth-order valence-corrected chi connectivity index (χ4v) is 3.27. The predicted molar refractivity (Wildman–Crippen MR) is 120 cm³/mol. The Balaban J connectivity index is 1.81. The fourth-order valence-electron chi connectivity index (χ4n) is 3.27. The quantitative estimate of drug-likeness (QED) is 0.448. The number of carbonyl (C=O) groups is 1. The van der Waals surface area contributed by atoms with Crippen LogP contribution in [0.1, 0.15) is 55.9 Å². The van der Waals surface area contributed by atoms with Gasteiger partial charge in [-0.3, -0.25) is 4.79 Å². The van der Waals surface area contributed by atoms with E-state index in [4.69, 9.17) is 0 Å². The van der Waals surface area contributed by atoms with Gasteiger partial charge in [-0.2, -0.15) is 5.10 Å². The van der Waals surface area contributed by atoms with Crippen molar-refractivity contribution in [2.24, 2.45) is 5.10 Å². The van der Waals surface area contributed by atoms with Crippen LogP contribution in [-0.2, 0) is 10.2 Å². The molecule has 1 N–H and O–H groups in total. The molecule has 0 radical (unpaired) electrons. The molecule has 29 heavy (non-hydrogen) atoms. The van der Waals surface area contributed by atoms with E-state index in [0.29, 0.717) is 0 Å². The summed E-state index contributed by atoms with van der Waals surface area (Å²) in [6.07, 6.45) is 0. The Labute approximate surface area is 173 Å². The smallest absolute Gasteiger partial charge is 0.252 e. The van der Waals surface area contributed by atoms with Crippen molar-refractivity contribution in [3.05, 3.63) is 107 Å². The van der Waals surface area contributed by atoms with Gasteiger partial charge in [-0.05, 0) is 34.6 Å². The summed E-state index contributed by atoms with van der Waals surface area (Å²) in [6, 6.07) is 27.9. The second-order valence-electron chi connectivity index (χ2n) is 8.25. The molecule has 1 amide bonds. The molecule has 0 aromatic heterocycles. The van der Waals surface area contributed by atoms with Crippen molar-refractivity contribution < 1.29 is 4.79 Å². The van der Waals surface area contributed by atoms with Crippen LogP contribution in [0.5, 0.6) is 0 Å². The van der Waals surface area contributed by atoms with Gasteiger partial charge in [0.1, 0.15) is 0 Å². The number of rotatable bonds is 5. The van der Waals surface area contributed by atoms with E-state index in [1.165, 1.54) is 5.56 Å². The van der Waals surface area contributed by atoms with Gasteiger partial charge in [0.25, 0.3) is 5.91 Å². The summed E-state index contributed by atoms with van der Waals surface area (Å²) in [5.41, 5.74) is 7.81. The second-order valence-corrected chi connectivity index (χ2v) is 8.25. The highest BCUT2D eigenvalue weighted by atomic mass is 16.2. The van der Waals surface area contributed by atoms with Crippen molar-refractivity contribution in [1.82, 2.24) is 5.43 Å². The molecule has 0 fully saturated rings. The zero-order chi connectivity index (χ0) is 20.9. The third-order valence-electron chi connectivity index (χ3n) is 5.03. The first-order valence-electron chi connectivity index (χ1n) is 9.91. The van der Waals surface area contributed by atoms with Gasteiger partial charge in [0.05, 0.1) is 11.6 Å². The lowest BCUT2D eigenvalue weighted by molar-refractivity contribution is -0.121. The summed E-state index contributed by atoms with van der Waals surface area (Å²) in [4.78, 5) is 13.0. The lowest BCUT2D eigenvalue weighted by atomic mass is 9.86. The van der Waals surface area contributed by atoms with Crippen molar-refractivity contribution in [2.45, 2.75) is 39.0 Å². The zero-order valence-electron chi connectivity index (χ0n) is 17.5. The maximum absolute atomic E-state index is 13.0. The number of hydrazone groups is 1. The van der Waals surface area contributed by atoms with Crippen LogP contribution in [0.15, 0.2) is 90.0 Å². The number of nitrogens with one attached hydrogen (secondary N) is 1. The average Bonchev–Trinajstić information content (AvgIpc) is 2.73. The third kappa shape index (κ3) is 5.20. The van der Waals surface area contributed by atoms with Crippen LogP contribution in [-0.4, -0.2) is 11.6 Å². The summed E-state index contributed by atoms with van der Waals surface area (Å²) < 4.78 is 0. The molecule has 0 saturated carbocycles. The molecule has 0 spiro atoms. The van der Waals surface area contributed by atoms with Gasteiger partial charge in [-0.25, -0.2) is 5.43 Å². The Hall–Kier alpha value is -3.20. The van der Waals surface area contributed by atoms with Gasteiger partial charge in [0.15, 0.2) is 0 Å². The molecular weight excluding hydrogens is 356 g/mol. The van der Waals surface area contributed by atoms with E-state index in [9.17, 15) is 4.79 Å². The molecule has 3 aromatic carbocycles. The summed E-state index contributed by atoms with van der Waals surface area (Å²) in [5, 5.41) is 4.38. The van der Waals surface area contributed by atoms with Crippen LogP contribution in [0.3, 0.4) is 0 Å². The van der Waals surface area contributed by atoms with E-state index in [0.717, 1.165) is 22.4 Å². The molecule has 0 saturated heterocycles. The van der Waals surface area contributed by atoms with Crippen LogP contribution in [0.2, 0.25) is 0 Å². The summed E-state index contributed by atoms with van der Waals surface area (Å²) >= 11 is 0. The molecule has 0 aliphatic rings. The van der Waals surface area contributed by atoms with E-state index < -0.39 is 5.92 Å².